The molecule has 132 valence electrons. The minimum Gasteiger partial charge on any atom is -0.452 e. The minimum absolute atomic E-state index is 0.127. The Morgan fingerprint density at radius 3 is 2.33 bits per heavy atom. The van der Waals surface area contributed by atoms with Crippen molar-refractivity contribution in [2.75, 3.05) is 19.7 Å². The smallest absolute Gasteiger partial charge is 0.387 e. The second kappa shape index (κ2) is 9.20. The van der Waals surface area contributed by atoms with Crippen molar-refractivity contribution in [1.29, 1.82) is 0 Å². The van der Waals surface area contributed by atoms with Crippen LogP contribution >= 0.6 is 0 Å². The lowest BCUT2D eigenvalue weighted by Crippen LogP contribution is -2.37. The first-order valence-corrected chi connectivity index (χ1v) is 8.06. The summed E-state index contributed by atoms with van der Waals surface area (Å²) in [4.78, 5) is 25.9. The number of amides is 1. The largest absolute Gasteiger partial charge is 0.452 e. The van der Waals surface area contributed by atoms with E-state index < -0.39 is 19.2 Å². The standard InChI is InChI=1S/C17H21F2NO4/c18-17(19)24-14-9-5-4-8-13(14)16(22)23-12-15(21)20-10-6-2-1-3-7-11-20/h4-5,8-9,17H,1-3,6-7,10-12H2. The summed E-state index contributed by atoms with van der Waals surface area (Å²) in [6, 6.07) is 5.55. The van der Waals surface area contributed by atoms with Crippen molar-refractivity contribution in [3.05, 3.63) is 29.8 Å². The van der Waals surface area contributed by atoms with Gasteiger partial charge in [-0.15, -0.1) is 0 Å². The van der Waals surface area contributed by atoms with Gasteiger partial charge in [0.1, 0.15) is 11.3 Å². The second-order valence-corrected chi connectivity index (χ2v) is 5.60. The molecule has 0 spiro atoms. The van der Waals surface area contributed by atoms with Crippen LogP contribution in [0.3, 0.4) is 0 Å². The van der Waals surface area contributed by atoms with Crippen LogP contribution in [0, 0.1) is 0 Å². The highest BCUT2D eigenvalue weighted by atomic mass is 19.3. The summed E-state index contributed by atoms with van der Waals surface area (Å²) < 4.78 is 34.0. The number of carbonyl (C=O) groups is 2. The maximum Gasteiger partial charge on any atom is 0.387 e. The number of hydrogen-bond donors (Lipinski definition) is 0. The quantitative estimate of drug-likeness (QED) is 0.772. The number of hydrogen-bond acceptors (Lipinski definition) is 4. The fraction of sp³-hybridized carbons (Fsp3) is 0.529. The molecule has 0 saturated carbocycles. The molecule has 5 nitrogen and oxygen atoms in total. The van der Waals surface area contributed by atoms with Crippen molar-refractivity contribution in [2.24, 2.45) is 0 Å². The van der Waals surface area contributed by atoms with Crippen LogP contribution in [0.5, 0.6) is 5.75 Å². The molecule has 1 aromatic rings. The van der Waals surface area contributed by atoms with Crippen LogP contribution in [0.2, 0.25) is 0 Å². The molecule has 1 aliphatic heterocycles. The lowest BCUT2D eigenvalue weighted by Gasteiger charge is -2.24. The van der Waals surface area contributed by atoms with Crippen molar-refractivity contribution in [1.82, 2.24) is 4.90 Å². The number of para-hydroxylation sites is 1. The van der Waals surface area contributed by atoms with Crippen molar-refractivity contribution < 1.29 is 27.8 Å². The summed E-state index contributed by atoms with van der Waals surface area (Å²) >= 11 is 0. The fourth-order valence-electron chi connectivity index (χ4n) is 2.63. The predicted molar refractivity (Wildman–Crippen MR) is 83.0 cm³/mol. The molecule has 0 unspecified atom stereocenters. The van der Waals surface area contributed by atoms with Gasteiger partial charge >= 0.3 is 12.6 Å². The summed E-state index contributed by atoms with van der Waals surface area (Å²) in [7, 11) is 0. The molecular weight excluding hydrogens is 320 g/mol. The van der Waals surface area contributed by atoms with E-state index in [1.54, 1.807) is 4.90 Å². The zero-order valence-corrected chi connectivity index (χ0v) is 13.4. The van der Waals surface area contributed by atoms with Gasteiger partial charge in [-0.1, -0.05) is 31.4 Å². The first-order valence-electron chi connectivity index (χ1n) is 8.06. The number of ether oxygens (including phenoxy) is 2. The highest BCUT2D eigenvalue weighted by Gasteiger charge is 2.20. The molecule has 1 aliphatic rings. The first-order chi connectivity index (χ1) is 11.6. The highest BCUT2D eigenvalue weighted by molar-refractivity contribution is 5.94. The van der Waals surface area contributed by atoms with Gasteiger partial charge in [-0.2, -0.15) is 8.78 Å². The number of alkyl halides is 2. The number of benzene rings is 1. The van der Waals surface area contributed by atoms with Gasteiger partial charge in [0, 0.05) is 13.1 Å². The van der Waals surface area contributed by atoms with E-state index in [1.807, 2.05) is 0 Å². The molecule has 1 fully saturated rings. The molecule has 1 amide bonds. The van der Waals surface area contributed by atoms with E-state index in [-0.39, 0.29) is 17.2 Å². The lowest BCUT2D eigenvalue weighted by molar-refractivity contribution is -0.134. The van der Waals surface area contributed by atoms with Crippen molar-refractivity contribution in [2.45, 2.75) is 38.7 Å². The topological polar surface area (TPSA) is 55.8 Å². The summed E-state index contributed by atoms with van der Waals surface area (Å²) in [5.41, 5.74) is -0.127. The molecule has 24 heavy (non-hydrogen) atoms. The van der Waals surface area contributed by atoms with Gasteiger partial charge in [0.05, 0.1) is 0 Å². The second-order valence-electron chi connectivity index (χ2n) is 5.60. The van der Waals surface area contributed by atoms with Gasteiger partial charge in [-0.25, -0.2) is 4.79 Å². The van der Waals surface area contributed by atoms with Crippen LogP contribution < -0.4 is 4.74 Å². The van der Waals surface area contributed by atoms with E-state index in [4.69, 9.17) is 4.74 Å². The molecule has 0 atom stereocenters. The minimum atomic E-state index is -3.04. The average Bonchev–Trinajstić information content (AvgIpc) is 2.52. The monoisotopic (exact) mass is 341 g/mol. The van der Waals surface area contributed by atoms with Gasteiger partial charge in [0.2, 0.25) is 0 Å². The Morgan fingerprint density at radius 2 is 1.67 bits per heavy atom. The van der Waals surface area contributed by atoms with Gasteiger partial charge in [-0.3, -0.25) is 4.79 Å². The molecule has 0 radical (unpaired) electrons. The Balaban J connectivity index is 1.91. The number of esters is 1. The van der Waals surface area contributed by atoms with Gasteiger partial charge < -0.3 is 14.4 Å². The third kappa shape index (κ3) is 5.47. The maximum atomic E-state index is 12.4. The lowest BCUT2D eigenvalue weighted by atomic mass is 10.1. The number of carbonyl (C=O) groups excluding carboxylic acids is 2. The molecule has 7 heteroatoms. The number of rotatable bonds is 5. The summed E-state index contributed by atoms with van der Waals surface area (Å²) in [5, 5.41) is 0. The molecule has 2 rings (SSSR count). The van der Waals surface area contributed by atoms with E-state index in [2.05, 4.69) is 4.74 Å². The predicted octanol–water partition coefficient (Wildman–Crippen LogP) is 3.24. The average molecular weight is 341 g/mol. The van der Waals surface area contributed by atoms with E-state index >= 15 is 0 Å². The first kappa shape index (κ1) is 18.2. The Kier molecular flexibility index (Phi) is 6.96. The Bertz CT molecular complexity index is 557. The molecule has 1 saturated heterocycles. The molecule has 1 aromatic carbocycles. The van der Waals surface area contributed by atoms with E-state index in [1.165, 1.54) is 30.7 Å². The normalized spacial score (nSPS) is 15.5. The highest BCUT2D eigenvalue weighted by Crippen LogP contribution is 2.21. The third-order valence-corrected chi connectivity index (χ3v) is 3.86. The summed E-state index contributed by atoms with van der Waals surface area (Å²) in [6.07, 6.45) is 5.22. The van der Waals surface area contributed by atoms with Crippen molar-refractivity contribution >= 4 is 11.9 Å². The van der Waals surface area contributed by atoms with Crippen LogP contribution in [0.4, 0.5) is 8.78 Å². The fourth-order valence-corrected chi connectivity index (χ4v) is 2.63. The van der Waals surface area contributed by atoms with Crippen LogP contribution in [-0.2, 0) is 9.53 Å². The summed E-state index contributed by atoms with van der Waals surface area (Å²) in [6.45, 7) is -2.13. The Morgan fingerprint density at radius 1 is 1.04 bits per heavy atom. The maximum absolute atomic E-state index is 12.4. The Hall–Kier alpha value is -2.18. The van der Waals surface area contributed by atoms with E-state index in [0.29, 0.717) is 13.1 Å². The van der Waals surface area contributed by atoms with Gasteiger partial charge in [-0.05, 0) is 25.0 Å². The van der Waals surface area contributed by atoms with Crippen molar-refractivity contribution in [3.8, 4) is 5.75 Å². The van der Waals surface area contributed by atoms with Gasteiger partial charge in [0.15, 0.2) is 6.61 Å². The zero-order chi connectivity index (χ0) is 17.4. The van der Waals surface area contributed by atoms with E-state index in [0.717, 1.165) is 25.7 Å². The SMILES string of the molecule is O=C(OCC(=O)N1CCCCCCC1)c1ccccc1OC(F)F. The van der Waals surface area contributed by atoms with Crippen LogP contribution in [0.25, 0.3) is 0 Å². The molecular formula is C17H21F2NO4. The van der Waals surface area contributed by atoms with Crippen LogP contribution in [0.15, 0.2) is 24.3 Å². The molecule has 1 heterocycles. The third-order valence-electron chi connectivity index (χ3n) is 3.86. The summed E-state index contributed by atoms with van der Waals surface area (Å²) in [5.74, 6) is -1.39. The molecule has 0 aliphatic carbocycles. The molecule has 0 bridgehead atoms. The number of halogens is 2. The van der Waals surface area contributed by atoms with Crippen LogP contribution in [0.1, 0.15) is 42.5 Å². The molecule has 0 N–H and O–H groups in total. The van der Waals surface area contributed by atoms with Crippen molar-refractivity contribution in [3.63, 3.8) is 0 Å². The van der Waals surface area contributed by atoms with Gasteiger partial charge in [0.25, 0.3) is 5.91 Å². The van der Waals surface area contributed by atoms with E-state index in [9.17, 15) is 18.4 Å². The Labute approximate surface area is 139 Å². The zero-order valence-electron chi connectivity index (χ0n) is 13.4. The van der Waals surface area contributed by atoms with Crippen LogP contribution in [-0.4, -0.2) is 43.1 Å². The number of likely N-dealkylation sites (tertiary alicyclic amines) is 1. The number of nitrogens with zero attached hydrogens (tertiary/aromatic N) is 1. The molecule has 0 aromatic heterocycles.